The highest BCUT2D eigenvalue weighted by atomic mass is 28.4. The Balaban J connectivity index is 5.69. The van der Waals surface area contributed by atoms with Crippen LogP contribution < -0.4 is 0 Å². The van der Waals surface area contributed by atoms with E-state index in [4.69, 9.17) is 0 Å². The molecule has 116 valence electrons. The van der Waals surface area contributed by atoms with Gasteiger partial charge in [-0.2, -0.15) is 0 Å². The van der Waals surface area contributed by atoms with E-state index in [0.717, 1.165) is 0 Å². The normalized spacial score (nSPS) is 13.6. The number of nitrogens with zero attached hydrogens (tertiary/aromatic N) is 2. The molecule has 0 saturated heterocycles. The fraction of sp³-hybridized carbons (Fsp3) is 1.00. The summed E-state index contributed by atoms with van der Waals surface area (Å²) in [7, 11) is -1.61. The summed E-state index contributed by atoms with van der Waals surface area (Å²) < 4.78 is 5.66. The van der Waals surface area contributed by atoms with Gasteiger partial charge in [0.15, 0.2) is 0 Å². The second-order valence-electron chi connectivity index (χ2n) is 6.51. The first-order chi connectivity index (χ1) is 8.85. The molecule has 0 rings (SSSR count). The fourth-order valence-corrected chi connectivity index (χ4v) is 10.4. The average molecular weight is 287 g/mol. The van der Waals surface area contributed by atoms with Crippen molar-refractivity contribution in [3.63, 3.8) is 0 Å². The summed E-state index contributed by atoms with van der Waals surface area (Å²) in [6.07, 6.45) is 2.68. The summed E-state index contributed by atoms with van der Waals surface area (Å²) >= 11 is 0. The molecule has 0 fully saturated rings. The largest absolute Gasteiger partial charge is 0.312 e. The molecule has 0 aromatic rings. The fourth-order valence-electron chi connectivity index (χ4n) is 3.76. The molecule has 0 saturated carbocycles. The molecule has 2 nitrogen and oxygen atoms in total. The van der Waals surface area contributed by atoms with E-state index in [1.54, 1.807) is 0 Å². The van der Waals surface area contributed by atoms with Crippen LogP contribution in [0.5, 0.6) is 0 Å². The highest BCUT2D eigenvalue weighted by Crippen LogP contribution is 2.44. The third kappa shape index (κ3) is 4.05. The minimum atomic E-state index is -1.61. The molecule has 0 N–H and O–H groups in total. The molecular formula is C16H38N2Si. The molecule has 0 radical (unpaired) electrons. The Morgan fingerprint density at radius 2 is 1.11 bits per heavy atom. The van der Waals surface area contributed by atoms with E-state index in [9.17, 15) is 0 Å². The predicted molar refractivity (Wildman–Crippen MR) is 91.0 cm³/mol. The van der Waals surface area contributed by atoms with Gasteiger partial charge in [-0.1, -0.05) is 68.2 Å². The van der Waals surface area contributed by atoms with Crippen molar-refractivity contribution in [3.8, 4) is 0 Å². The smallest absolute Gasteiger partial charge is 0.212 e. The highest BCUT2D eigenvalue weighted by Gasteiger charge is 2.51. The van der Waals surface area contributed by atoms with Gasteiger partial charge < -0.3 is 9.13 Å². The lowest BCUT2D eigenvalue weighted by atomic mass is 10.2. The Morgan fingerprint density at radius 1 is 0.737 bits per heavy atom. The van der Waals surface area contributed by atoms with Crippen molar-refractivity contribution in [3.05, 3.63) is 0 Å². The molecule has 0 unspecified atom stereocenters. The van der Waals surface area contributed by atoms with Crippen molar-refractivity contribution < 1.29 is 0 Å². The Bertz CT molecular complexity index is 215. The van der Waals surface area contributed by atoms with Crippen LogP contribution in [0.15, 0.2) is 0 Å². The Labute approximate surface area is 123 Å². The molecule has 3 heteroatoms. The van der Waals surface area contributed by atoms with E-state index < -0.39 is 8.40 Å². The van der Waals surface area contributed by atoms with Crippen LogP contribution in [0.25, 0.3) is 0 Å². The molecule has 0 aromatic carbocycles. The number of hydrogen-bond donors (Lipinski definition) is 0. The van der Waals surface area contributed by atoms with Crippen LogP contribution in [-0.2, 0) is 0 Å². The molecule has 0 aromatic heterocycles. The minimum Gasteiger partial charge on any atom is -0.312 e. The van der Waals surface area contributed by atoms with E-state index in [-0.39, 0.29) is 0 Å². The van der Waals surface area contributed by atoms with Crippen LogP contribution in [0.2, 0.25) is 11.1 Å². The zero-order valence-corrected chi connectivity index (χ0v) is 15.8. The van der Waals surface area contributed by atoms with Crippen molar-refractivity contribution in [1.29, 1.82) is 0 Å². The van der Waals surface area contributed by atoms with E-state index >= 15 is 0 Å². The molecule has 0 aliphatic rings. The van der Waals surface area contributed by atoms with Crippen molar-refractivity contribution >= 4 is 8.40 Å². The van der Waals surface area contributed by atoms with Gasteiger partial charge in [0.05, 0.1) is 0 Å². The summed E-state index contributed by atoms with van der Waals surface area (Å²) in [6.45, 7) is 23.9. The molecule has 0 aliphatic carbocycles. The van der Waals surface area contributed by atoms with Crippen LogP contribution in [0.4, 0.5) is 0 Å². The van der Waals surface area contributed by atoms with E-state index in [1.807, 2.05) is 0 Å². The second kappa shape index (κ2) is 8.43. The molecule has 0 spiro atoms. The van der Waals surface area contributed by atoms with Gasteiger partial charge in [-0.25, -0.2) is 0 Å². The average Bonchev–Trinajstić information content (AvgIpc) is 2.36. The minimum absolute atomic E-state index is 0.403. The van der Waals surface area contributed by atoms with Crippen LogP contribution in [0.1, 0.15) is 68.2 Å². The van der Waals surface area contributed by atoms with Crippen molar-refractivity contribution in [2.45, 2.75) is 79.3 Å². The molecular weight excluding hydrogens is 248 g/mol. The molecule has 0 bridgehead atoms. The Kier molecular flexibility index (Phi) is 8.49. The van der Waals surface area contributed by atoms with Gasteiger partial charge in [0, 0.05) is 0 Å². The maximum absolute atomic E-state index is 2.83. The summed E-state index contributed by atoms with van der Waals surface area (Å²) in [6, 6.07) is 1.41. The van der Waals surface area contributed by atoms with Crippen LogP contribution >= 0.6 is 0 Å². The first-order valence-electron chi connectivity index (χ1n) is 8.35. The monoisotopic (exact) mass is 286 g/mol. The molecule has 0 atom stereocenters. The second-order valence-corrected chi connectivity index (χ2v) is 11.4. The number of hydrogen-bond acceptors (Lipinski definition) is 2. The van der Waals surface area contributed by atoms with Crippen LogP contribution in [0, 0.1) is 0 Å². The molecule has 0 aliphatic heterocycles. The van der Waals surface area contributed by atoms with Crippen molar-refractivity contribution in [2.75, 3.05) is 26.2 Å². The quantitative estimate of drug-likeness (QED) is 0.566. The predicted octanol–water partition coefficient (Wildman–Crippen LogP) is 4.71. The summed E-state index contributed by atoms with van der Waals surface area (Å²) in [5, 5.41) is 0.403. The van der Waals surface area contributed by atoms with Gasteiger partial charge >= 0.3 is 0 Å². The highest BCUT2D eigenvalue weighted by molar-refractivity contribution is 6.77. The lowest BCUT2D eigenvalue weighted by Gasteiger charge is -2.55. The summed E-state index contributed by atoms with van der Waals surface area (Å²) in [5.41, 5.74) is 0. The third-order valence-electron chi connectivity index (χ3n) is 4.65. The number of unbranched alkanes of at least 4 members (excludes halogenated alkanes) is 1. The lowest BCUT2D eigenvalue weighted by molar-refractivity contribution is 0.315. The van der Waals surface area contributed by atoms with Gasteiger partial charge in [-0.05, 0) is 37.3 Å². The first kappa shape index (κ1) is 19.1. The Hall–Kier alpha value is 0.137. The SMILES string of the molecule is CCCC[Si](N(CC)CC)(N(CC)CC)C(C)(C)C. The van der Waals surface area contributed by atoms with Gasteiger partial charge in [-0.15, -0.1) is 0 Å². The zero-order chi connectivity index (χ0) is 15.1. The Morgan fingerprint density at radius 3 is 1.32 bits per heavy atom. The summed E-state index contributed by atoms with van der Waals surface area (Å²) in [5.74, 6) is 0. The first-order valence-corrected chi connectivity index (χ1v) is 10.5. The standard InChI is InChI=1S/C16H38N2Si/c1-9-14-15-19(16(6,7)8,17(10-2)11-3)18(12-4)13-5/h9-15H2,1-8H3. The van der Waals surface area contributed by atoms with Gasteiger partial charge in [0.25, 0.3) is 0 Å². The third-order valence-corrected chi connectivity index (χ3v) is 11.5. The maximum atomic E-state index is 2.83. The van der Waals surface area contributed by atoms with Crippen molar-refractivity contribution in [2.24, 2.45) is 0 Å². The summed E-state index contributed by atoms with van der Waals surface area (Å²) in [4.78, 5) is 0. The molecule has 0 amide bonds. The van der Waals surface area contributed by atoms with Gasteiger partial charge in [-0.3, -0.25) is 0 Å². The van der Waals surface area contributed by atoms with Gasteiger partial charge in [0.2, 0.25) is 8.40 Å². The topological polar surface area (TPSA) is 6.48 Å². The van der Waals surface area contributed by atoms with Crippen LogP contribution in [-0.4, -0.2) is 43.7 Å². The maximum Gasteiger partial charge on any atom is 0.212 e. The van der Waals surface area contributed by atoms with E-state index in [2.05, 4.69) is 64.5 Å². The zero-order valence-electron chi connectivity index (χ0n) is 14.8. The van der Waals surface area contributed by atoms with Crippen LogP contribution in [0.3, 0.4) is 0 Å². The lowest BCUT2D eigenvalue weighted by Crippen LogP contribution is -2.70. The van der Waals surface area contributed by atoms with Gasteiger partial charge in [0.1, 0.15) is 0 Å². The van der Waals surface area contributed by atoms with E-state index in [0.29, 0.717) is 5.04 Å². The van der Waals surface area contributed by atoms with E-state index in [1.165, 1.54) is 45.1 Å². The molecule has 0 heterocycles. The number of rotatable bonds is 9. The molecule has 19 heavy (non-hydrogen) atoms. The van der Waals surface area contributed by atoms with Crippen molar-refractivity contribution in [1.82, 2.24) is 9.13 Å².